The monoisotopic (exact) mass is 520 g/mol. The van der Waals surface area contributed by atoms with Crippen molar-refractivity contribution in [3.05, 3.63) is 24.3 Å². The van der Waals surface area contributed by atoms with E-state index in [0.717, 1.165) is 12.8 Å². The van der Waals surface area contributed by atoms with Crippen molar-refractivity contribution < 1.29 is 28.8 Å². The molecule has 8 atom stereocenters. The predicted molar refractivity (Wildman–Crippen MR) is 131 cm³/mol. The molecule has 3 saturated heterocycles. The molecule has 0 aromatic heterocycles. The van der Waals surface area contributed by atoms with Crippen LogP contribution < -0.4 is 0 Å². The van der Waals surface area contributed by atoms with E-state index in [1.54, 1.807) is 9.80 Å². The largest absolute Gasteiger partial charge is 0.339 e. The van der Waals surface area contributed by atoms with E-state index in [0.29, 0.717) is 26.2 Å². The van der Waals surface area contributed by atoms with Crippen LogP contribution in [0.3, 0.4) is 0 Å². The number of nitrogens with zero attached hydrogens (tertiary/aromatic N) is 4. The van der Waals surface area contributed by atoms with Gasteiger partial charge in [-0.3, -0.25) is 38.6 Å². The summed E-state index contributed by atoms with van der Waals surface area (Å²) in [5, 5.41) is 0. The van der Waals surface area contributed by atoms with E-state index in [1.807, 2.05) is 0 Å². The fourth-order valence-electron chi connectivity index (χ4n) is 8.31. The van der Waals surface area contributed by atoms with Gasteiger partial charge in [-0.15, -0.1) is 0 Å². The Bertz CT molecular complexity index is 1050. The third-order valence-corrected chi connectivity index (χ3v) is 10.2. The molecule has 10 nitrogen and oxygen atoms in total. The Kier molecular flexibility index (Phi) is 5.39. The molecule has 4 aliphatic carbocycles. The molecule has 3 aliphatic heterocycles. The summed E-state index contributed by atoms with van der Waals surface area (Å²) in [6.45, 7) is 1.75. The van der Waals surface area contributed by atoms with Gasteiger partial charge in [0.2, 0.25) is 35.4 Å². The highest BCUT2D eigenvalue weighted by Crippen LogP contribution is 2.53. The van der Waals surface area contributed by atoms with Crippen LogP contribution in [0.5, 0.6) is 0 Å². The molecule has 0 aromatic carbocycles. The van der Waals surface area contributed by atoms with Crippen molar-refractivity contribution in [2.75, 3.05) is 39.3 Å². The topological polar surface area (TPSA) is 115 Å². The van der Waals surface area contributed by atoms with Gasteiger partial charge < -0.3 is 9.80 Å². The van der Waals surface area contributed by atoms with Crippen LogP contribution in [0.1, 0.15) is 25.7 Å². The highest BCUT2D eigenvalue weighted by molar-refractivity contribution is 6.07. The lowest BCUT2D eigenvalue weighted by Crippen LogP contribution is -2.51. The number of carbonyl (C=O) groups excluding carboxylic acids is 6. The second kappa shape index (κ2) is 8.61. The number of hydrogen-bond acceptors (Lipinski definition) is 6. The minimum Gasteiger partial charge on any atom is -0.339 e. The van der Waals surface area contributed by atoms with E-state index in [4.69, 9.17) is 0 Å². The molecular formula is C28H32N4O6. The van der Waals surface area contributed by atoms with E-state index in [9.17, 15) is 28.8 Å². The number of likely N-dealkylation sites (tertiary alicyclic amines) is 2. The van der Waals surface area contributed by atoms with Crippen LogP contribution in [-0.2, 0) is 28.8 Å². The number of allylic oxidation sites excluding steroid dienone is 4. The molecule has 7 aliphatic rings. The summed E-state index contributed by atoms with van der Waals surface area (Å²) in [5.41, 5.74) is 0. The maximum atomic E-state index is 12.8. The first-order chi connectivity index (χ1) is 18.3. The van der Waals surface area contributed by atoms with Crippen molar-refractivity contribution >= 4 is 35.4 Å². The lowest BCUT2D eigenvalue weighted by molar-refractivity contribution is -0.145. The molecule has 0 radical (unpaired) electrons. The number of piperazine rings is 1. The van der Waals surface area contributed by atoms with Gasteiger partial charge in [-0.05, 0) is 36.5 Å². The third kappa shape index (κ3) is 3.37. The first-order valence-corrected chi connectivity index (χ1v) is 14.0. The molecule has 38 heavy (non-hydrogen) atoms. The van der Waals surface area contributed by atoms with E-state index < -0.39 is 0 Å². The second-order valence-corrected chi connectivity index (χ2v) is 11.9. The number of carbonyl (C=O) groups is 6. The molecule has 2 saturated carbocycles. The third-order valence-electron chi connectivity index (χ3n) is 10.2. The van der Waals surface area contributed by atoms with Gasteiger partial charge in [-0.2, -0.15) is 0 Å². The Hall–Kier alpha value is -3.30. The number of amides is 6. The van der Waals surface area contributed by atoms with Crippen LogP contribution in [0, 0.1) is 47.3 Å². The molecule has 6 amide bonds. The minimum atomic E-state index is -0.250. The SMILES string of the molecule is O=C(CCN1C(=O)[C@H]2[C@H](C1=O)[C@H]1C=C[C@H]2C1)N1CCN(C(=O)CCN2C(=O)[C@H]3[C@H](C2=O)[C@H]2C=C[C@H]3C2)CC1. The summed E-state index contributed by atoms with van der Waals surface area (Å²) in [4.78, 5) is 82.9. The molecule has 0 spiro atoms. The molecule has 4 bridgehead atoms. The zero-order chi connectivity index (χ0) is 26.3. The van der Waals surface area contributed by atoms with Crippen molar-refractivity contribution in [2.45, 2.75) is 25.7 Å². The number of hydrogen-bond donors (Lipinski definition) is 0. The lowest BCUT2D eigenvalue weighted by atomic mass is 9.85. The summed E-state index contributed by atoms with van der Waals surface area (Å²) < 4.78 is 0. The van der Waals surface area contributed by atoms with Crippen LogP contribution in [-0.4, -0.2) is 94.3 Å². The Balaban J connectivity index is 0.866. The van der Waals surface area contributed by atoms with Gasteiger partial charge >= 0.3 is 0 Å². The summed E-state index contributed by atoms with van der Waals surface area (Å²) in [6.07, 6.45) is 10.2. The fourth-order valence-corrected chi connectivity index (χ4v) is 8.31. The van der Waals surface area contributed by atoms with Gasteiger partial charge in [0.25, 0.3) is 0 Å². The Labute approximate surface area is 220 Å². The first kappa shape index (κ1) is 23.8. The van der Waals surface area contributed by atoms with Crippen LogP contribution in [0.15, 0.2) is 24.3 Å². The predicted octanol–water partition coefficient (Wildman–Crippen LogP) is 0.0516. The molecule has 200 valence electrons. The second-order valence-electron chi connectivity index (χ2n) is 11.9. The van der Waals surface area contributed by atoms with Gasteiger partial charge in [-0.1, -0.05) is 24.3 Å². The highest BCUT2D eigenvalue weighted by atomic mass is 16.2. The summed E-state index contributed by atoms with van der Waals surface area (Å²) in [7, 11) is 0. The van der Waals surface area contributed by atoms with Crippen molar-refractivity contribution in [3.63, 3.8) is 0 Å². The summed E-state index contributed by atoms with van der Waals surface area (Å²) >= 11 is 0. The molecule has 0 unspecified atom stereocenters. The highest BCUT2D eigenvalue weighted by Gasteiger charge is 2.60. The van der Waals surface area contributed by atoms with Crippen LogP contribution in [0.4, 0.5) is 0 Å². The Morgan fingerprint density at radius 1 is 0.553 bits per heavy atom. The van der Waals surface area contributed by atoms with Gasteiger partial charge in [0.1, 0.15) is 0 Å². The lowest BCUT2D eigenvalue weighted by Gasteiger charge is -2.35. The van der Waals surface area contributed by atoms with Gasteiger partial charge in [0.05, 0.1) is 23.7 Å². The van der Waals surface area contributed by atoms with Gasteiger partial charge in [-0.25, -0.2) is 0 Å². The van der Waals surface area contributed by atoms with Crippen LogP contribution >= 0.6 is 0 Å². The van der Waals surface area contributed by atoms with E-state index >= 15 is 0 Å². The molecule has 3 heterocycles. The van der Waals surface area contributed by atoms with Crippen LogP contribution in [0.2, 0.25) is 0 Å². The number of fused-ring (bicyclic) bond motifs is 10. The normalized spacial score (nSPS) is 38.3. The zero-order valence-corrected chi connectivity index (χ0v) is 21.2. The van der Waals surface area contributed by atoms with E-state index in [-0.39, 0.29) is 109 Å². The summed E-state index contributed by atoms with van der Waals surface area (Å²) in [5.74, 6) is -1.18. The molecule has 7 rings (SSSR count). The smallest absolute Gasteiger partial charge is 0.233 e. The van der Waals surface area contributed by atoms with Crippen LogP contribution in [0.25, 0.3) is 0 Å². The van der Waals surface area contributed by atoms with Crippen molar-refractivity contribution in [1.29, 1.82) is 0 Å². The number of rotatable bonds is 6. The average molecular weight is 521 g/mol. The maximum Gasteiger partial charge on any atom is 0.233 e. The zero-order valence-electron chi connectivity index (χ0n) is 21.2. The average Bonchev–Trinajstić information content (AvgIpc) is 3.76. The standard InChI is InChI=1S/C28H32N4O6/c33-19(5-7-31-25(35)21-15-1-2-16(13-15)22(21)26(31)36)29-9-11-30(12-10-29)20(34)6-8-32-27(37)23-17-3-4-18(14-17)24(23)28(32)38/h1-4,15-18,21-24H,5-14H2/t15-,16-,17-,18-,21+,22+,23+,24+/m0/s1. The molecular weight excluding hydrogens is 488 g/mol. The number of imide groups is 2. The van der Waals surface area contributed by atoms with Gasteiger partial charge in [0.15, 0.2) is 0 Å². The van der Waals surface area contributed by atoms with Crippen molar-refractivity contribution in [3.8, 4) is 0 Å². The summed E-state index contributed by atoms with van der Waals surface area (Å²) in [6, 6.07) is 0. The minimum absolute atomic E-state index is 0.0893. The Morgan fingerprint density at radius 3 is 1.13 bits per heavy atom. The molecule has 0 N–H and O–H groups in total. The Morgan fingerprint density at radius 2 is 0.842 bits per heavy atom. The maximum absolute atomic E-state index is 12.8. The fraction of sp³-hybridized carbons (Fsp3) is 0.643. The molecule has 0 aromatic rings. The molecule has 5 fully saturated rings. The van der Waals surface area contributed by atoms with E-state index in [2.05, 4.69) is 24.3 Å². The van der Waals surface area contributed by atoms with Crippen molar-refractivity contribution in [2.24, 2.45) is 47.3 Å². The molecule has 10 heteroatoms. The van der Waals surface area contributed by atoms with Gasteiger partial charge in [0, 0.05) is 52.1 Å². The van der Waals surface area contributed by atoms with Crippen molar-refractivity contribution in [1.82, 2.24) is 19.6 Å². The quantitative estimate of drug-likeness (QED) is 0.361. The van der Waals surface area contributed by atoms with E-state index in [1.165, 1.54) is 9.80 Å². The first-order valence-electron chi connectivity index (χ1n) is 14.0.